The lowest BCUT2D eigenvalue weighted by Crippen LogP contribution is -2.48. The van der Waals surface area contributed by atoms with E-state index in [-0.39, 0.29) is 5.04 Å². The smallest absolute Gasteiger partial charge is 0.192 e. The maximum Gasteiger partial charge on any atom is 0.192 e. The minimum Gasteiger partial charge on any atom is -0.598 e. The zero-order valence-corrected chi connectivity index (χ0v) is 34.2. The average molecular weight is 801 g/mol. The number of piperidine rings is 1. The monoisotopic (exact) mass is 800 g/mol. The van der Waals surface area contributed by atoms with E-state index < -0.39 is 28.0 Å². The second-order valence-corrected chi connectivity index (χ2v) is 24.1. The van der Waals surface area contributed by atoms with Gasteiger partial charge in [-0.1, -0.05) is 46.2 Å². The Hall–Kier alpha value is -2.03. The van der Waals surface area contributed by atoms with E-state index in [0.29, 0.717) is 6.61 Å². The van der Waals surface area contributed by atoms with Crippen LogP contribution in [0, 0.1) is 0 Å². The second-order valence-electron chi connectivity index (χ2n) is 15.5. The topological polar surface area (TPSA) is 91.2 Å². The lowest BCUT2D eigenvalue weighted by Gasteiger charge is -2.36. The number of pyridine rings is 2. The number of benzene rings is 1. The van der Waals surface area contributed by atoms with Gasteiger partial charge in [0.15, 0.2) is 17.7 Å². The molecule has 0 saturated carbocycles. The lowest BCUT2D eigenvalue weighted by atomic mass is 10.0. The molecule has 4 heterocycles. The Balaban J connectivity index is 1.58. The first-order chi connectivity index (χ1) is 22.5. The van der Waals surface area contributed by atoms with Crippen LogP contribution in [0.4, 0.5) is 5.69 Å². The summed E-state index contributed by atoms with van der Waals surface area (Å²) in [6.45, 7) is 22.0. The fourth-order valence-electron chi connectivity index (χ4n) is 5.66. The number of nitrogens with one attached hydrogen (secondary N) is 1. The minimum atomic E-state index is -1.93. The third-order valence-electron chi connectivity index (χ3n) is 9.62. The predicted octanol–water partition coefficient (Wildman–Crippen LogP) is 9.43. The van der Waals surface area contributed by atoms with Gasteiger partial charge < -0.3 is 13.9 Å². The summed E-state index contributed by atoms with van der Waals surface area (Å²) in [5.41, 5.74) is 5.86. The van der Waals surface area contributed by atoms with Crippen molar-refractivity contribution in [3.05, 3.63) is 66.1 Å². The highest BCUT2D eigenvalue weighted by Crippen LogP contribution is 2.39. The van der Waals surface area contributed by atoms with Gasteiger partial charge in [-0.15, -0.1) is 4.72 Å². The van der Waals surface area contributed by atoms with Crippen LogP contribution in [0.2, 0.25) is 18.1 Å². The molecule has 0 radical (unpaired) electrons. The number of hydrogen-bond acceptors (Lipinski definition) is 7. The van der Waals surface area contributed by atoms with Gasteiger partial charge in [-0.3, -0.25) is 0 Å². The molecular weight excluding hydrogens is 748 g/mol. The van der Waals surface area contributed by atoms with Crippen molar-refractivity contribution >= 4 is 58.9 Å². The Morgan fingerprint density at radius 3 is 2.35 bits per heavy atom. The fourth-order valence-corrected chi connectivity index (χ4v) is 8.85. The van der Waals surface area contributed by atoms with Crippen LogP contribution in [0.15, 0.2) is 54.7 Å². The molecule has 1 fully saturated rings. The summed E-state index contributed by atoms with van der Waals surface area (Å²) in [4.78, 5) is 12.8. The van der Waals surface area contributed by atoms with Gasteiger partial charge in [-0.05, 0) is 124 Å². The molecule has 0 bridgehead atoms. The number of fused-ring (bicyclic) bond motifs is 1. The highest BCUT2D eigenvalue weighted by molar-refractivity contribution is 14.1. The van der Waals surface area contributed by atoms with Crippen LogP contribution in [0.25, 0.3) is 28.0 Å². The number of anilines is 1. The molecule has 1 aliphatic rings. The van der Waals surface area contributed by atoms with Crippen molar-refractivity contribution in [1.29, 1.82) is 0 Å². The molecule has 2 atom stereocenters. The number of rotatable bonds is 11. The van der Waals surface area contributed by atoms with Crippen molar-refractivity contribution in [2.24, 2.45) is 0 Å². The van der Waals surface area contributed by atoms with Crippen molar-refractivity contribution < 1.29 is 8.98 Å². The molecular formula is C37H53IN6O2SSi. The van der Waals surface area contributed by atoms with Gasteiger partial charge in [0.2, 0.25) is 0 Å². The summed E-state index contributed by atoms with van der Waals surface area (Å²) in [6, 6.07) is 16.8. The molecule has 260 valence electrons. The van der Waals surface area contributed by atoms with Gasteiger partial charge in [0.05, 0.1) is 35.4 Å². The van der Waals surface area contributed by atoms with Crippen LogP contribution >= 0.6 is 22.6 Å². The predicted molar refractivity (Wildman–Crippen MR) is 212 cm³/mol. The Labute approximate surface area is 305 Å². The largest absolute Gasteiger partial charge is 0.598 e. The second kappa shape index (κ2) is 14.7. The molecule has 3 aromatic heterocycles. The number of alkyl halides is 1. The molecule has 1 saturated heterocycles. The molecule has 4 aromatic rings. The normalized spacial score (nSPS) is 16.7. The van der Waals surface area contributed by atoms with Crippen molar-refractivity contribution in [2.45, 2.75) is 114 Å². The summed E-state index contributed by atoms with van der Waals surface area (Å²) < 4.78 is 24.2. The molecule has 11 heteroatoms. The Kier molecular flexibility index (Phi) is 11.4. The highest BCUT2D eigenvalue weighted by atomic mass is 127. The van der Waals surface area contributed by atoms with Crippen molar-refractivity contribution in [2.75, 3.05) is 18.0 Å². The lowest BCUT2D eigenvalue weighted by molar-refractivity contribution is 0.272. The van der Waals surface area contributed by atoms with Gasteiger partial charge in [-0.25, -0.2) is 14.6 Å². The zero-order valence-electron chi connectivity index (χ0n) is 30.2. The summed E-state index contributed by atoms with van der Waals surface area (Å²) in [5, 5.41) is 6.15. The third-order valence-corrected chi connectivity index (χ3v) is 17.5. The van der Waals surface area contributed by atoms with E-state index in [0.717, 1.165) is 65.3 Å². The van der Waals surface area contributed by atoms with Crippen molar-refractivity contribution in [3.63, 3.8) is 0 Å². The van der Waals surface area contributed by atoms with E-state index in [1.807, 2.05) is 55.9 Å². The fraction of sp³-hybridized carbons (Fsp3) is 0.541. The van der Waals surface area contributed by atoms with Gasteiger partial charge >= 0.3 is 0 Å². The van der Waals surface area contributed by atoms with E-state index >= 15 is 0 Å². The van der Waals surface area contributed by atoms with E-state index in [9.17, 15) is 4.55 Å². The first kappa shape index (κ1) is 37.2. The summed E-state index contributed by atoms with van der Waals surface area (Å²) in [6.07, 6.45) is 7.33. The maximum absolute atomic E-state index is 13.3. The van der Waals surface area contributed by atoms with E-state index in [1.165, 1.54) is 24.9 Å². The number of halogens is 1. The molecule has 5 rings (SSSR count). The van der Waals surface area contributed by atoms with Gasteiger partial charge in [0, 0.05) is 41.1 Å². The van der Waals surface area contributed by atoms with E-state index in [2.05, 4.69) is 97.3 Å². The van der Waals surface area contributed by atoms with E-state index in [4.69, 9.17) is 19.5 Å². The van der Waals surface area contributed by atoms with Gasteiger partial charge in [-0.2, -0.15) is 5.10 Å². The Morgan fingerprint density at radius 2 is 1.69 bits per heavy atom. The molecule has 0 spiro atoms. The van der Waals surface area contributed by atoms with Crippen LogP contribution in [-0.2, 0) is 25.9 Å². The molecule has 48 heavy (non-hydrogen) atoms. The van der Waals surface area contributed by atoms with Crippen LogP contribution in [0.1, 0.15) is 92.0 Å². The summed E-state index contributed by atoms with van der Waals surface area (Å²) in [7, 11) is -1.93. The van der Waals surface area contributed by atoms with Crippen LogP contribution in [-0.4, -0.2) is 50.5 Å². The molecule has 1 aliphatic heterocycles. The molecule has 0 unspecified atom stereocenters. The maximum atomic E-state index is 13.3. The van der Waals surface area contributed by atoms with Crippen molar-refractivity contribution in [1.82, 2.24) is 24.5 Å². The molecule has 0 amide bonds. The van der Waals surface area contributed by atoms with Crippen LogP contribution in [0.5, 0.6) is 0 Å². The third kappa shape index (κ3) is 8.29. The summed E-state index contributed by atoms with van der Waals surface area (Å²) >= 11 is 1.17. The van der Waals surface area contributed by atoms with E-state index in [1.54, 1.807) is 0 Å². The molecule has 1 aromatic carbocycles. The average Bonchev–Trinajstić information content (AvgIpc) is 3.47. The Morgan fingerprint density at radius 1 is 0.979 bits per heavy atom. The highest BCUT2D eigenvalue weighted by Gasteiger charge is 2.39. The molecule has 1 N–H and O–H groups in total. The summed E-state index contributed by atoms with van der Waals surface area (Å²) in [5.74, 6) is 0.771. The minimum absolute atomic E-state index is 0.128. The first-order valence-electron chi connectivity index (χ1n) is 17.3. The van der Waals surface area contributed by atoms with Crippen LogP contribution < -0.4 is 9.62 Å². The Bertz CT molecular complexity index is 1710. The zero-order chi connectivity index (χ0) is 34.9. The molecule has 8 nitrogen and oxygen atoms in total. The SMILES string of the molecule is CCC[C@@](I)(N[S@+]([O-])C(C)(C)C)c1cccc(-c2cc(N3CCCCC3)c3cnn(-c4cccc(CO[Si](C)(C)C(C)(C)C)n4)c3c2)n1. The first-order valence-corrected chi connectivity index (χ1v) is 22.4. The number of aromatic nitrogens is 4. The van der Waals surface area contributed by atoms with Crippen LogP contribution in [0.3, 0.4) is 0 Å². The molecule has 0 aliphatic carbocycles. The number of hydrogen-bond donors (Lipinski definition) is 1. The van der Waals surface area contributed by atoms with Gasteiger partial charge in [0.1, 0.15) is 4.75 Å². The standard InChI is InChI=1S/C37H53IN6O2SSi/c1-10-20-37(38,42-47(45)35(2,3)4)33-18-15-17-30(41-33)27-23-31(43-21-12-11-13-22-43)29-25-39-44(32(29)24-27)34-19-14-16-28(40-34)26-46-48(8,9)36(5,6)7/h14-19,23-25,42H,10-13,20-22,26H2,1-9H3/t37-,47-/m1/s1. The number of nitrogens with zero attached hydrogens (tertiary/aromatic N) is 5. The van der Waals surface area contributed by atoms with Crippen molar-refractivity contribution in [3.8, 4) is 17.1 Å². The quantitative estimate of drug-likeness (QED) is 0.0532. The van der Waals surface area contributed by atoms with Gasteiger partial charge in [0.25, 0.3) is 0 Å².